The van der Waals surface area contributed by atoms with Crippen molar-refractivity contribution in [1.29, 1.82) is 0 Å². The summed E-state index contributed by atoms with van der Waals surface area (Å²) in [5, 5.41) is 5.94. The van der Waals surface area contributed by atoms with E-state index in [0.29, 0.717) is 39.9 Å². The molecule has 0 unspecified atom stereocenters. The fraction of sp³-hybridized carbons (Fsp3) is 0.385. The molecule has 1 saturated carbocycles. The van der Waals surface area contributed by atoms with Gasteiger partial charge in [-0.25, -0.2) is 4.98 Å². The summed E-state index contributed by atoms with van der Waals surface area (Å²) in [4.78, 5) is 40.6. The molecule has 4 rings (SSSR count). The zero-order valence-electron chi connectivity index (χ0n) is 20.6. The van der Waals surface area contributed by atoms with E-state index in [2.05, 4.69) is 27.4 Å². The SMILES string of the molecule is CCCN(C(C)=O)C1CCCCC1.Nc1cccc2oc(C(=O)Nc3ccc(Cl)cn3)c(NC=O)c12. The number of anilines is 3. The summed E-state index contributed by atoms with van der Waals surface area (Å²) in [5.41, 5.74) is 6.88. The van der Waals surface area contributed by atoms with Gasteiger partial charge in [0.25, 0.3) is 5.91 Å². The van der Waals surface area contributed by atoms with E-state index in [0.717, 1.165) is 13.0 Å². The molecule has 0 radical (unpaired) electrons. The Hall–Kier alpha value is -3.59. The highest BCUT2D eigenvalue weighted by molar-refractivity contribution is 6.30. The summed E-state index contributed by atoms with van der Waals surface area (Å²) in [7, 11) is 0. The van der Waals surface area contributed by atoms with Crippen molar-refractivity contribution in [3.8, 4) is 0 Å². The number of aromatic nitrogens is 1. The van der Waals surface area contributed by atoms with E-state index in [-0.39, 0.29) is 17.4 Å². The van der Waals surface area contributed by atoms with Gasteiger partial charge in [-0.15, -0.1) is 0 Å². The smallest absolute Gasteiger partial charge is 0.294 e. The van der Waals surface area contributed by atoms with E-state index in [1.807, 2.05) is 0 Å². The highest BCUT2D eigenvalue weighted by atomic mass is 35.5. The van der Waals surface area contributed by atoms with Gasteiger partial charge >= 0.3 is 0 Å². The minimum atomic E-state index is -0.570. The number of furan rings is 1. The molecule has 4 N–H and O–H groups in total. The zero-order valence-corrected chi connectivity index (χ0v) is 21.3. The van der Waals surface area contributed by atoms with Crippen molar-refractivity contribution in [3.05, 3.63) is 47.3 Å². The Morgan fingerprint density at radius 1 is 1.22 bits per heavy atom. The topological polar surface area (TPSA) is 131 Å². The highest BCUT2D eigenvalue weighted by Gasteiger charge is 2.23. The van der Waals surface area contributed by atoms with Gasteiger partial charge in [-0.05, 0) is 43.5 Å². The van der Waals surface area contributed by atoms with Gasteiger partial charge in [0.2, 0.25) is 18.1 Å². The van der Waals surface area contributed by atoms with Crippen molar-refractivity contribution >= 4 is 58.0 Å². The predicted octanol–water partition coefficient (Wildman–Crippen LogP) is 5.46. The van der Waals surface area contributed by atoms with Gasteiger partial charge in [0.1, 0.15) is 17.1 Å². The number of nitrogens with two attached hydrogens (primary N) is 1. The van der Waals surface area contributed by atoms with Crippen LogP contribution in [0.25, 0.3) is 11.0 Å². The lowest BCUT2D eigenvalue weighted by Crippen LogP contribution is -2.40. The first-order valence-corrected chi connectivity index (χ1v) is 12.4. The van der Waals surface area contributed by atoms with Crippen LogP contribution < -0.4 is 16.4 Å². The molecule has 1 aliphatic rings. The lowest BCUT2D eigenvalue weighted by Gasteiger charge is -2.33. The largest absolute Gasteiger partial charge is 0.449 e. The minimum absolute atomic E-state index is 0.0678. The van der Waals surface area contributed by atoms with Gasteiger partial charge < -0.3 is 25.7 Å². The number of rotatable bonds is 7. The molecule has 192 valence electrons. The fourth-order valence-corrected chi connectivity index (χ4v) is 4.50. The first kappa shape index (κ1) is 27.0. The summed E-state index contributed by atoms with van der Waals surface area (Å²) < 4.78 is 5.52. The molecule has 2 aromatic heterocycles. The van der Waals surface area contributed by atoms with E-state index in [9.17, 15) is 14.4 Å². The van der Waals surface area contributed by atoms with Gasteiger partial charge in [-0.2, -0.15) is 0 Å². The number of benzene rings is 1. The van der Waals surface area contributed by atoms with E-state index < -0.39 is 5.91 Å². The highest BCUT2D eigenvalue weighted by Crippen LogP contribution is 2.35. The fourth-order valence-electron chi connectivity index (χ4n) is 4.39. The molecule has 9 nitrogen and oxygen atoms in total. The van der Waals surface area contributed by atoms with Crippen molar-refractivity contribution in [1.82, 2.24) is 9.88 Å². The van der Waals surface area contributed by atoms with Crippen LogP contribution in [0.3, 0.4) is 0 Å². The van der Waals surface area contributed by atoms with Crippen molar-refractivity contribution in [3.63, 3.8) is 0 Å². The van der Waals surface area contributed by atoms with Gasteiger partial charge in [-0.1, -0.05) is 43.9 Å². The molecule has 1 aliphatic carbocycles. The molecule has 0 saturated heterocycles. The molecule has 2 heterocycles. The number of halogens is 1. The lowest BCUT2D eigenvalue weighted by atomic mass is 9.94. The molecule has 3 amide bonds. The molecule has 0 spiro atoms. The molecule has 0 bridgehead atoms. The quantitative estimate of drug-likeness (QED) is 0.284. The lowest BCUT2D eigenvalue weighted by molar-refractivity contribution is -0.131. The van der Waals surface area contributed by atoms with Crippen LogP contribution in [-0.4, -0.2) is 40.7 Å². The Morgan fingerprint density at radius 3 is 2.58 bits per heavy atom. The first-order chi connectivity index (χ1) is 17.3. The molecule has 1 aromatic carbocycles. The van der Waals surface area contributed by atoms with Crippen molar-refractivity contribution in [2.75, 3.05) is 22.9 Å². The number of hydrogen-bond acceptors (Lipinski definition) is 6. The molecule has 0 atom stereocenters. The van der Waals surface area contributed by atoms with Crippen LogP contribution in [-0.2, 0) is 9.59 Å². The Balaban J connectivity index is 0.000000236. The average Bonchev–Trinajstić information content (AvgIpc) is 3.25. The van der Waals surface area contributed by atoms with Crippen molar-refractivity contribution in [2.45, 2.75) is 58.4 Å². The number of amides is 3. The van der Waals surface area contributed by atoms with Crippen LogP contribution >= 0.6 is 11.6 Å². The normalized spacial score (nSPS) is 13.4. The summed E-state index contributed by atoms with van der Waals surface area (Å²) in [5.74, 6) is -0.0832. The van der Waals surface area contributed by atoms with Gasteiger partial charge in [0.05, 0.1) is 10.4 Å². The molecular formula is C26H32ClN5O4. The van der Waals surface area contributed by atoms with E-state index in [1.165, 1.54) is 38.3 Å². The van der Waals surface area contributed by atoms with Crippen molar-refractivity contribution < 1.29 is 18.8 Å². The van der Waals surface area contributed by atoms with E-state index in [4.69, 9.17) is 21.8 Å². The van der Waals surface area contributed by atoms with Gasteiger partial charge in [-0.3, -0.25) is 14.4 Å². The number of carbonyl (C=O) groups excluding carboxylic acids is 3. The number of fused-ring (bicyclic) bond motifs is 1. The molecule has 1 fully saturated rings. The van der Waals surface area contributed by atoms with Crippen LogP contribution in [0.1, 0.15) is 62.9 Å². The monoisotopic (exact) mass is 513 g/mol. The maximum Gasteiger partial charge on any atom is 0.294 e. The molecule has 0 aliphatic heterocycles. The van der Waals surface area contributed by atoms with Crippen molar-refractivity contribution in [2.24, 2.45) is 0 Å². The molecule has 10 heteroatoms. The van der Waals surface area contributed by atoms with Crippen LogP contribution in [0.5, 0.6) is 0 Å². The summed E-state index contributed by atoms with van der Waals surface area (Å²) in [6.07, 6.45) is 9.34. The van der Waals surface area contributed by atoms with Gasteiger partial charge in [0.15, 0.2) is 0 Å². The number of pyridine rings is 1. The van der Waals surface area contributed by atoms with Crippen LogP contribution in [0, 0.1) is 0 Å². The number of nitrogen functional groups attached to an aromatic ring is 1. The first-order valence-electron chi connectivity index (χ1n) is 12.1. The van der Waals surface area contributed by atoms with Crippen LogP contribution in [0.2, 0.25) is 5.02 Å². The van der Waals surface area contributed by atoms with E-state index >= 15 is 0 Å². The maximum absolute atomic E-state index is 12.4. The zero-order chi connectivity index (χ0) is 26.1. The van der Waals surface area contributed by atoms with Crippen LogP contribution in [0.4, 0.5) is 17.2 Å². The second kappa shape index (κ2) is 12.9. The van der Waals surface area contributed by atoms with Gasteiger partial charge in [0, 0.05) is 31.4 Å². The Bertz CT molecular complexity index is 1190. The Labute approximate surface area is 215 Å². The number of nitrogens with zero attached hydrogens (tertiary/aromatic N) is 2. The number of nitrogens with one attached hydrogen (secondary N) is 2. The minimum Gasteiger partial charge on any atom is -0.449 e. The third-order valence-corrected chi connectivity index (χ3v) is 6.23. The molecule has 36 heavy (non-hydrogen) atoms. The average molecular weight is 514 g/mol. The number of carbonyl (C=O) groups is 3. The summed E-state index contributed by atoms with van der Waals surface area (Å²) in [6, 6.07) is 8.67. The molecule has 3 aromatic rings. The second-order valence-corrected chi connectivity index (χ2v) is 9.05. The Morgan fingerprint density at radius 2 is 1.97 bits per heavy atom. The third-order valence-electron chi connectivity index (χ3n) is 6.01. The number of hydrogen-bond donors (Lipinski definition) is 3. The van der Waals surface area contributed by atoms with Crippen LogP contribution in [0.15, 0.2) is 40.9 Å². The third kappa shape index (κ3) is 6.75. The predicted molar refractivity (Wildman–Crippen MR) is 142 cm³/mol. The summed E-state index contributed by atoms with van der Waals surface area (Å²) in [6.45, 7) is 4.78. The second-order valence-electron chi connectivity index (χ2n) is 8.61. The van der Waals surface area contributed by atoms with E-state index in [1.54, 1.807) is 37.3 Å². The Kier molecular flexibility index (Phi) is 9.69. The maximum atomic E-state index is 12.4. The molecular weight excluding hydrogens is 482 g/mol. The standard InChI is InChI=1S/C15H11ClN4O3.C11H21NO/c16-8-4-5-11(18-6-8)20-15(22)14-13(19-7-21)12-9(17)2-1-3-10(12)23-14;1-3-9-12(10(2)13)11-7-5-4-6-8-11/h1-7H,17H2,(H,19,21)(H,18,20,22);11H,3-9H2,1-2H3. The summed E-state index contributed by atoms with van der Waals surface area (Å²) >= 11 is 5.75.